The second kappa shape index (κ2) is 2.81. The molecule has 66 valence electrons. The van der Waals surface area contributed by atoms with Gasteiger partial charge in [-0.05, 0) is 17.7 Å². The number of nitrogens with zero attached hydrogens (tertiary/aromatic N) is 2. The number of aromatic nitrogens is 2. The molecule has 0 aliphatic carbocycles. The summed E-state index contributed by atoms with van der Waals surface area (Å²) in [5, 5.41) is 9.73. The fraction of sp³-hybridized carbons (Fsp3) is 0. The Morgan fingerprint density at radius 2 is 2.15 bits per heavy atom. The molecule has 0 atom stereocenters. The number of hydrogen-bond acceptors (Lipinski definition) is 3. The van der Waals surface area contributed by atoms with Gasteiger partial charge in [0.2, 0.25) is 5.28 Å². The molecule has 0 aliphatic rings. The average molecular weight is 199 g/mol. The van der Waals surface area contributed by atoms with Crippen molar-refractivity contribution in [3.05, 3.63) is 29.4 Å². The maximum absolute atomic E-state index is 12.7. The first kappa shape index (κ1) is 8.19. The number of phenols is 1. The van der Waals surface area contributed by atoms with Crippen LogP contribution < -0.4 is 0 Å². The van der Waals surface area contributed by atoms with E-state index in [-0.39, 0.29) is 16.5 Å². The summed E-state index contributed by atoms with van der Waals surface area (Å²) in [6.07, 6.45) is 1.35. The lowest BCUT2D eigenvalue weighted by atomic mass is 10.2. The minimum Gasteiger partial charge on any atom is -0.506 e. The number of phenolic OH excluding ortho intramolecular Hbond substituents is 1. The van der Waals surface area contributed by atoms with Crippen molar-refractivity contribution in [1.82, 2.24) is 9.97 Å². The van der Waals surface area contributed by atoms with Gasteiger partial charge in [-0.2, -0.15) is 0 Å². The first-order valence-electron chi connectivity index (χ1n) is 3.47. The Morgan fingerprint density at radius 1 is 1.38 bits per heavy atom. The third-order valence-corrected chi connectivity index (χ3v) is 1.78. The standard InChI is InChI=1S/C8H4ClFN2O/c9-8-11-3-4-1-5(10)2-6(13)7(4)12-8/h1-3,13H. The Bertz CT molecular complexity index is 475. The zero-order valence-electron chi connectivity index (χ0n) is 6.33. The Hall–Kier alpha value is -1.42. The molecule has 5 heteroatoms. The Kier molecular flexibility index (Phi) is 1.77. The quantitative estimate of drug-likeness (QED) is 0.660. The highest BCUT2D eigenvalue weighted by atomic mass is 35.5. The number of halogens is 2. The smallest absolute Gasteiger partial charge is 0.223 e. The van der Waals surface area contributed by atoms with Crippen molar-refractivity contribution in [2.75, 3.05) is 0 Å². The first-order chi connectivity index (χ1) is 6.16. The minimum absolute atomic E-state index is 0.0226. The number of aromatic hydroxyl groups is 1. The van der Waals surface area contributed by atoms with Gasteiger partial charge in [-0.15, -0.1) is 0 Å². The van der Waals surface area contributed by atoms with Gasteiger partial charge < -0.3 is 5.11 Å². The van der Waals surface area contributed by atoms with Crippen molar-refractivity contribution >= 4 is 22.5 Å². The van der Waals surface area contributed by atoms with Gasteiger partial charge in [-0.1, -0.05) is 0 Å². The SMILES string of the molecule is Oc1cc(F)cc2cnc(Cl)nc12. The summed E-state index contributed by atoms with van der Waals surface area (Å²) in [6.45, 7) is 0. The summed E-state index contributed by atoms with van der Waals surface area (Å²) >= 11 is 5.50. The van der Waals surface area contributed by atoms with Crippen LogP contribution in [0.3, 0.4) is 0 Å². The molecule has 0 saturated carbocycles. The van der Waals surface area contributed by atoms with E-state index in [4.69, 9.17) is 11.6 Å². The minimum atomic E-state index is -0.532. The monoisotopic (exact) mass is 198 g/mol. The van der Waals surface area contributed by atoms with Gasteiger partial charge in [0.15, 0.2) is 0 Å². The summed E-state index contributed by atoms with van der Waals surface area (Å²) < 4.78 is 12.7. The van der Waals surface area contributed by atoms with Gasteiger partial charge in [0.05, 0.1) is 0 Å². The zero-order valence-corrected chi connectivity index (χ0v) is 7.09. The molecule has 1 heterocycles. The first-order valence-corrected chi connectivity index (χ1v) is 3.85. The van der Waals surface area contributed by atoms with Crippen LogP contribution in [0.1, 0.15) is 0 Å². The van der Waals surface area contributed by atoms with E-state index in [0.717, 1.165) is 6.07 Å². The molecule has 1 N–H and O–H groups in total. The average Bonchev–Trinajstić information content (AvgIpc) is 2.06. The predicted molar refractivity (Wildman–Crippen MR) is 46.2 cm³/mol. The topological polar surface area (TPSA) is 46.0 Å². The maximum atomic E-state index is 12.7. The highest BCUT2D eigenvalue weighted by Gasteiger charge is 2.05. The molecule has 0 spiro atoms. The largest absolute Gasteiger partial charge is 0.506 e. The van der Waals surface area contributed by atoms with Crippen LogP contribution in [0.15, 0.2) is 18.3 Å². The van der Waals surface area contributed by atoms with Gasteiger partial charge in [0.1, 0.15) is 17.1 Å². The summed E-state index contributed by atoms with van der Waals surface area (Å²) in [7, 11) is 0. The van der Waals surface area contributed by atoms with Crippen molar-refractivity contribution in [2.45, 2.75) is 0 Å². The molecular formula is C8H4ClFN2O. The van der Waals surface area contributed by atoms with Gasteiger partial charge in [-0.25, -0.2) is 14.4 Å². The molecule has 13 heavy (non-hydrogen) atoms. The number of hydrogen-bond donors (Lipinski definition) is 1. The molecule has 0 saturated heterocycles. The molecule has 0 amide bonds. The van der Waals surface area contributed by atoms with E-state index in [1.807, 2.05) is 0 Å². The molecule has 1 aromatic heterocycles. The highest BCUT2D eigenvalue weighted by Crippen LogP contribution is 2.24. The van der Waals surface area contributed by atoms with E-state index >= 15 is 0 Å². The lowest BCUT2D eigenvalue weighted by molar-refractivity contribution is 0.474. The van der Waals surface area contributed by atoms with Crippen molar-refractivity contribution in [3.63, 3.8) is 0 Å². The fourth-order valence-electron chi connectivity index (χ4n) is 1.07. The highest BCUT2D eigenvalue weighted by molar-refractivity contribution is 6.28. The fourth-order valence-corrected chi connectivity index (χ4v) is 1.20. The van der Waals surface area contributed by atoms with Gasteiger partial charge >= 0.3 is 0 Å². The summed E-state index contributed by atoms with van der Waals surface area (Å²) in [4.78, 5) is 7.42. The summed E-state index contributed by atoms with van der Waals surface area (Å²) in [5.41, 5.74) is 0.251. The molecule has 2 aromatic rings. The normalized spacial score (nSPS) is 10.6. The molecule has 0 unspecified atom stereocenters. The van der Waals surface area contributed by atoms with Crippen molar-refractivity contribution < 1.29 is 9.50 Å². The summed E-state index contributed by atoms with van der Waals surface area (Å²) in [5.74, 6) is -0.768. The Morgan fingerprint density at radius 3 is 2.92 bits per heavy atom. The lowest BCUT2D eigenvalue weighted by Gasteiger charge is -1.99. The molecule has 0 fully saturated rings. The van der Waals surface area contributed by atoms with Crippen LogP contribution in [0.25, 0.3) is 10.9 Å². The van der Waals surface area contributed by atoms with Crippen LogP contribution in [0.2, 0.25) is 5.28 Å². The third-order valence-electron chi connectivity index (χ3n) is 1.60. The van der Waals surface area contributed by atoms with E-state index < -0.39 is 5.82 Å². The number of rotatable bonds is 0. The van der Waals surface area contributed by atoms with Gasteiger partial charge in [-0.3, -0.25) is 0 Å². The molecule has 0 bridgehead atoms. The molecule has 1 aromatic carbocycles. The van der Waals surface area contributed by atoms with Crippen LogP contribution in [-0.4, -0.2) is 15.1 Å². The summed E-state index contributed by atoms with van der Waals surface area (Å²) in [6, 6.07) is 2.21. The molecule has 3 nitrogen and oxygen atoms in total. The van der Waals surface area contributed by atoms with Crippen LogP contribution in [-0.2, 0) is 0 Å². The van der Waals surface area contributed by atoms with Crippen molar-refractivity contribution in [1.29, 1.82) is 0 Å². The number of fused-ring (bicyclic) bond motifs is 1. The number of benzene rings is 1. The van der Waals surface area contributed by atoms with Crippen LogP contribution in [0.5, 0.6) is 5.75 Å². The maximum Gasteiger partial charge on any atom is 0.223 e. The van der Waals surface area contributed by atoms with Gasteiger partial charge in [0.25, 0.3) is 0 Å². The predicted octanol–water partition coefficient (Wildman–Crippen LogP) is 2.13. The van der Waals surface area contributed by atoms with Gasteiger partial charge in [0, 0.05) is 17.6 Å². The third kappa shape index (κ3) is 1.40. The zero-order chi connectivity index (χ0) is 9.42. The molecule has 0 aliphatic heterocycles. The molecule has 2 rings (SSSR count). The Labute approximate surface area is 77.8 Å². The Balaban J connectivity index is 2.87. The molecule has 0 radical (unpaired) electrons. The second-order valence-electron chi connectivity index (χ2n) is 2.50. The van der Waals surface area contributed by atoms with Crippen LogP contribution in [0.4, 0.5) is 4.39 Å². The second-order valence-corrected chi connectivity index (χ2v) is 2.84. The van der Waals surface area contributed by atoms with E-state index in [1.54, 1.807) is 0 Å². The van der Waals surface area contributed by atoms with Crippen molar-refractivity contribution in [2.24, 2.45) is 0 Å². The van der Waals surface area contributed by atoms with Crippen molar-refractivity contribution in [3.8, 4) is 5.75 Å². The van der Waals surface area contributed by atoms with E-state index in [9.17, 15) is 9.50 Å². The van der Waals surface area contributed by atoms with E-state index in [0.29, 0.717) is 5.39 Å². The van der Waals surface area contributed by atoms with E-state index in [2.05, 4.69) is 9.97 Å². The molecular weight excluding hydrogens is 195 g/mol. The lowest BCUT2D eigenvalue weighted by Crippen LogP contribution is -1.86. The van der Waals surface area contributed by atoms with Crippen LogP contribution >= 0.6 is 11.6 Å². The van der Waals surface area contributed by atoms with E-state index in [1.165, 1.54) is 12.3 Å². The van der Waals surface area contributed by atoms with Crippen LogP contribution in [0, 0.1) is 5.82 Å².